The second-order valence-electron chi connectivity index (χ2n) is 4.78. The van der Waals surface area contributed by atoms with E-state index >= 15 is 0 Å². The van der Waals surface area contributed by atoms with Gasteiger partial charge in [0.15, 0.2) is 5.72 Å². The normalized spacial score (nSPS) is 28.4. The van der Waals surface area contributed by atoms with Crippen molar-refractivity contribution in [1.29, 1.82) is 0 Å². The average molecular weight is 266 g/mol. The van der Waals surface area contributed by atoms with Gasteiger partial charge in [-0.05, 0) is 31.4 Å². The fourth-order valence-electron chi connectivity index (χ4n) is 2.47. The van der Waals surface area contributed by atoms with Crippen molar-refractivity contribution in [3.05, 3.63) is 24.0 Å². The number of H-pyrrole nitrogens is 1. The fraction of sp³-hybridized carbons (Fsp3) is 0.500. The summed E-state index contributed by atoms with van der Waals surface area (Å²) in [6.45, 7) is 0. The highest BCUT2D eigenvalue weighted by molar-refractivity contribution is 5.90. The van der Waals surface area contributed by atoms with Gasteiger partial charge >= 0.3 is 6.03 Å². The SMILES string of the molecule is CN1C(=O)N[C@H]2CCC[C@]21O.NC(=O)c1ccc[nH]1. The van der Waals surface area contributed by atoms with Crippen LogP contribution in [-0.2, 0) is 0 Å². The molecule has 3 amide bonds. The van der Waals surface area contributed by atoms with Gasteiger partial charge in [-0.25, -0.2) is 4.79 Å². The Labute approximate surface area is 110 Å². The molecule has 0 aromatic carbocycles. The molecule has 1 aromatic heterocycles. The van der Waals surface area contributed by atoms with E-state index in [1.165, 1.54) is 4.90 Å². The molecule has 3 rings (SSSR count). The number of nitrogens with one attached hydrogen (secondary N) is 2. The molecule has 2 heterocycles. The summed E-state index contributed by atoms with van der Waals surface area (Å²) in [5.74, 6) is -0.421. The molecule has 0 unspecified atom stereocenters. The molecule has 1 saturated heterocycles. The summed E-state index contributed by atoms with van der Waals surface area (Å²) in [6, 6.07) is 3.15. The molecule has 0 bridgehead atoms. The van der Waals surface area contributed by atoms with Crippen molar-refractivity contribution < 1.29 is 14.7 Å². The smallest absolute Gasteiger partial charge is 0.319 e. The van der Waals surface area contributed by atoms with Crippen molar-refractivity contribution >= 4 is 11.9 Å². The lowest BCUT2D eigenvalue weighted by atomic mass is 10.1. The predicted molar refractivity (Wildman–Crippen MR) is 68.2 cm³/mol. The van der Waals surface area contributed by atoms with Gasteiger partial charge in [-0.15, -0.1) is 0 Å². The Bertz CT molecular complexity index is 473. The molecule has 0 radical (unpaired) electrons. The number of fused-ring (bicyclic) bond motifs is 1. The number of amides is 3. The number of rotatable bonds is 1. The number of urea groups is 1. The first-order chi connectivity index (χ1) is 8.95. The summed E-state index contributed by atoms with van der Waals surface area (Å²) in [4.78, 5) is 25.4. The van der Waals surface area contributed by atoms with Crippen LogP contribution in [0.15, 0.2) is 18.3 Å². The monoisotopic (exact) mass is 266 g/mol. The molecule has 104 valence electrons. The van der Waals surface area contributed by atoms with Gasteiger partial charge in [0.05, 0.1) is 6.04 Å². The standard InChI is InChI=1S/C7H12N2O2.C5H6N2O/c1-9-6(10)8-5-3-2-4-7(5,9)11;6-5(8)4-2-1-3-7-4/h5,11H,2-4H2,1H3,(H,8,10);1-3,7H,(H2,6,8)/t5-,7-;/m0./s1. The van der Waals surface area contributed by atoms with E-state index in [4.69, 9.17) is 5.73 Å². The van der Waals surface area contributed by atoms with Gasteiger partial charge in [0.1, 0.15) is 5.69 Å². The number of primary amides is 1. The maximum atomic E-state index is 11.0. The number of likely N-dealkylation sites (N-methyl/N-ethyl adjacent to an activating group) is 1. The summed E-state index contributed by atoms with van der Waals surface area (Å²) in [5, 5.41) is 12.7. The number of nitrogens with two attached hydrogens (primary N) is 1. The highest BCUT2D eigenvalue weighted by Gasteiger charge is 2.52. The lowest BCUT2D eigenvalue weighted by molar-refractivity contribution is -0.0525. The lowest BCUT2D eigenvalue weighted by Gasteiger charge is -2.27. The molecule has 19 heavy (non-hydrogen) atoms. The highest BCUT2D eigenvalue weighted by atomic mass is 16.3. The number of nitrogens with zero attached hydrogens (tertiary/aromatic N) is 1. The first kappa shape index (κ1) is 13.4. The van der Waals surface area contributed by atoms with Crippen LogP contribution < -0.4 is 11.1 Å². The molecule has 7 heteroatoms. The molecule has 1 saturated carbocycles. The Morgan fingerprint density at radius 3 is 2.84 bits per heavy atom. The van der Waals surface area contributed by atoms with Gasteiger partial charge in [-0.2, -0.15) is 0 Å². The molecule has 2 fully saturated rings. The van der Waals surface area contributed by atoms with E-state index in [-0.39, 0.29) is 12.1 Å². The summed E-state index contributed by atoms with van der Waals surface area (Å²) in [7, 11) is 1.64. The first-order valence-electron chi connectivity index (χ1n) is 6.15. The van der Waals surface area contributed by atoms with Crippen LogP contribution in [0, 0.1) is 0 Å². The Hall–Kier alpha value is -2.02. The van der Waals surface area contributed by atoms with Crippen LogP contribution in [0.3, 0.4) is 0 Å². The van der Waals surface area contributed by atoms with E-state index in [0.29, 0.717) is 12.1 Å². The highest BCUT2D eigenvalue weighted by Crippen LogP contribution is 2.36. The molecule has 7 nitrogen and oxygen atoms in total. The predicted octanol–water partition coefficient (Wildman–Crippen LogP) is -0.00390. The Kier molecular flexibility index (Phi) is 3.48. The van der Waals surface area contributed by atoms with Crippen LogP contribution in [0.2, 0.25) is 0 Å². The second-order valence-corrected chi connectivity index (χ2v) is 4.78. The molecule has 1 aromatic rings. The largest absolute Gasteiger partial charge is 0.369 e. The molecule has 0 spiro atoms. The van der Waals surface area contributed by atoms with E-state index < -0.39 is 11.6 Å². The van der Waals surface area contributed by atoms with E-state index in [0.717, 1.165) is 12.8 Å². The molecule has 2 atom stereocenters. The van der Waals surface area contributed by atoms with Crippen LogP contribution >= 0.6 is 0 Å². The average Bonchev–Trinajstić information content (AvgIpc) is 3.03. The van der Waals surface area contributed by atoms with Crippen molar-refractivity contribution in [2.45, 2.75) is 31.0 Å². The minimum atomic E-state index is -0.892. The van der Waals surface area contributed by atoms with Gasteiger partial charge in [-0.3, -0.25) is 9.69 Å². The van der Waals surface area contributed by atoms with Crippen molar-refractivity contribution in [3.63, 3.8) is 0 Å². The maximum absolute atomic E-state index is 11.0. The Morgan fingerprint density at radius 2 is 2.37 bits per heavy atom. The molecular weight excluding hydrogens is 248 g/mol. The number of hydrogen-bond donors (Lipinski definition) is 4. The van der Waals surface area contributed by atoms with Crippen molar-refractivity contribution in [3.8, 4) is 0 Å². The number of carbonyl (C=O) groups is 2. The second kappa shape index (κ2) is 4.93. The van der Waals surface area contributed by atoms with Crippen molar-refractivity contribution in [1.82, 2.24) is 15.2 Å². The van der Waals surface area contributed by atoms with Crippen molar-refractivity contribution in [2.24, 2.45) is 5.73 Å². The number of aromatic amines is 1. The number of hydrogen-bond acceptors (Lipinski definition) is 3. The molecule has 5 N–H and O–H groups in total. The molecule has 1 aliphatic heterocycles. The molecule has 2 aliphatic rings. The van der Waals surface area contributed by atoms with Crippen LogP contribution in [-0.4, -0.2) is 45.7 Å². The van der Waals surface area contributed by atoms with E-state index in [1.807, 2.05) is 0 Å². The fourth-order valence-corrected chi connectivity index (χ4v) is 2.47. The summed E-state index contributed by atoms with van der Waals surface area (Å²) in [5.41, 5.74) is 4.45. The lowest BCUT2D eigenvalue weighted by Crippen LogP contribution is -2.46. The van der Waals surface area contributed by atoms with E-state index in [1.54, 1.807) is 25.4 Å². The number of carbonyl (C=O) groups excluding carboxylic acids is 2. The van der Waals surface area contributed by atoms with Gasteiger partial charge in [0.25, 0.3) is 5.91 Å². The zero-order chi connectivity index (χ0) is 14.0. The van der Waals surface area contributed by atoms with E-state index in [2.05, 4.69) is 10.3 Å². The third-order valence-corrected chi connectivity index (χ3v) is 3.64. The summed E-state index contributed by atoms with van der Waals surface area (Å²) < 4.78 is 0. The van der Waals surface area contributed by atoms with Crippen LogP contribution in [0.1, 0.15) is 29.8 Å². The van der Waals surface area contributed by atoms with Gasteiger partial charge in [0.2, 0.25) is 0 Å². The zero-order valence-electron chi connectivity index (χ0n) is 10.7. The van der Waals surface area contributed by atoms with Crippen LogP contribution in [0.5, 0.6) is 0 Å². The maximum Gasteiger partial charge on any atom is 0.319 e. The molecular formula is C12H18N4O3. The van der Waals surface area contributed by atoms with Gasteiger partial charge in [0, 0.05) is 13.2 Å². The minimum absolute atomic E-state index is 0.0417. The van der Waals surface area contributed by atoms with Gasteiger partial charge < -0.3 is 21.1 Å². The molecule has 1 aliphatic carbocycles. The summed E-state index contributed by atoms with van der Waals surface area (Å²) in [6.07, 6.45) is 4.24. The number of aliphatic hydroxyl groups is 1. The Balaban J connectivity index is 0.000000148. The topological polar surface area (TPSA) is 111 Å². The van der Waals surface area contributed by atoms with Crippen LogP contribution in [0.4, 0.5) is 4.79 Å². The van der Waals surface area contributed by atoms with E-state index in [9.17, 15) is 14.7 Å². The number of aromatic nitrogens is 1. The quantitative estimate of drug-likeness (QED) is 0.574. The first-order valence-corrected chi connectivity index (χ1v) is 6.15. The zero-order valence-corrected chi connectivity index (χ0v) is 10.7. The van der Waals surface area contributed by atoms with Crippen molar-refractivity contribution in [2.75, 3.05) is 7.05 Å². The van der Waals surface area contributed by atoms with Crippen LogP contribution in [0.25, 0.3) is 0 Å². The minimum Gasteiger partial charge on any atom is -0.369 e. The third-order valence-electron chi connectivity index (χ3n) is 3.64. The Morgan fingerprint density at radius 1 is 1.63 bits per heavy atom. The van der Waals surface area contributed by atoms with Gasteiger partial charge in [-0.1, -0.05) is 0 Å². The third kappa shape index (κ3) is 2.41. The summed E-state index contributed by atoms with van der Waals surface area (Å²) >= 11 is 0.